The highest BCUT2D eigenvalue weighted by atomic mass is 35.5. The number of hydrogen-bond donors (Lipinski definition) is 2. The molecule has 0 aliphatic carbocycles. The van der Waals surface area contributed by atoms with E-state index in [1.54, 1.807) is 24.3 Å². The highest BCUT2D eigenvalue weighted by Crippen LogP contribution is 2.21. The van der Waals surface area contributed by atoms with Crippen LogP contribution in [0.1, 0.15) is 34.1 Å². The molecule has 2 N–H and O–H groups in total. The van der Waals surface area contributed by atoms with E-state index in [9.17, 15) is 9.59 Å². The number of nitrogens with zero attached hydrogens (tertiary/aromatic N) is 1. The molecule has 5 nitrogen and oxygen atoms in total. The summed E-state index contributed by atoms with van der Waals surface area (Å²) in [4.78, 5) is 28.2. The Morgan fingerprint density at radius 3 is 2.61 bits per heavy atom. The largest absolute Gasteiger partial charge is 0.352 e. The SMILES string of the molecule is CCCNC(=O)c1ccccc1NC(=O)c1cnc(Cl)c(Cl)c1. The van der Waals surface area contributed by atoms with Gasteiger partial charge in [0.25, 0.3) is 11.8 Å². The Kier molecular flexibility index (Phi) is 5.96. The van der Waals surface area contributed by atoms with E-state index in [0.29, 0.717) is 17.8 Å². The number of pyridine rings is 1. The van der Waals surface area contributed by atoms with E-state index in [4.69, 9.17) is 23.2 Å². The fraction of sp³-hybridized carbons (Fsp3) is 0.188. The lowest BCUT2D eigenvalue weighted by atomic mass is 10.1. The molecule has 0 atom stereocenters. The second kappa shape index (κ2) is 7.94. The average Bonchev–Trinajstić information content (AvgIpc) is 2.55. The van der Waals surface area contributed by atoms with Crippen molar-refractivity contribution in [3.63, 3.8) is 0 Å². The summed E-state index contributed by atoms with van der Waals surface area (Å²) in [5.41, 5.74) is 1.06. The number of anilines is 1. The smallest absolute Gasteiger partial charge is 0.257 e. The Labute approximate surface area is 144 Å². The Morgan fingerprint density at radius 1 is 1.17 bits per heavy atom. The lowest BCUT2D eigenvalue weighted by Gasteiger charge is -2.11. The van der Waals surface area contributed by atoms with Gasteiger partial charge >= 0.3 is 0 Å². The molecule has 0 aliphatic rings. The number of carbonyl (C=O) groups is 2. The minimum atomic E-state index is -0.424. The van der Waals surface area contributed by atoms with Crippen LogP contribution < -0.4 is 10.6 Å². The maximum absolute atomic E-state index is 12.3. The van der Waals surface area contributed by atoms with Crippen LogP contribution >= 0.6 is 23.2 Å². The number of nitrogens with one attached hydrogen (secondary N) is 2. The normalized spacial score (nSPS) is 10.2. The van der Waals surface area contributed by atoms with E-state index in [2.05, 4.69) is 15.6 Å². The quantitative estimate of drug-likeness (QED) is 0.805. The van der Waals surface area contributed by atoms with Gasteiger partial charge in [-0.25, -0.2) is 4.98 Å². The number of para-hydroxylation sites is 1. The molecule has 0 aliphatic heterocycles. The number of hydrogen-bond acceptors (Lipinski definition) is 3. The number of benzene rings is 1. The third-order valence-electron chi connectivity index (χ3n) is 3.01. The zero-order valence-electron chi connectivity index (χ0n) is 12.4. The van der Waals surface area contributed by atoms with E-state index >= 15 is 0 Å². The van der Waals surface area contributed by atoms with Crippen molar-refractivity contribution in [3.05, 3.63) is 57.8 Å². The molecule has 2 rings (SSSR count). The summed E-state index contributed by atoms with van der Waals surface area (Å²) in [6.45, 7) is 2.53. The van der Waals surface area contributed by atoms with Gasteiger partial charge in [0.2, 0.25) is 0 Å². The van der Waals surface area contributed by atoms with Crippen molar-refractivity contribution in [3.8, 4) is 0 Å². The van der Waals surface area contributed by atoms with Crippen molar-refractivity contribution in [2.75, 3.05) is 11.9 Å². The van der Waals surface area contributed by atoms with Crippen LogP contribution in [0.3, 0.4) is 0 Å². The van der Waals surface area contributed by atoms with Gasteiger partial charge in [-0.15, -0.1) is 0 Å². The van der Waals surface area contributed by atoms with Gasteiger partial charge in [-0.2, -0.15) is 0 Å². The highest BCUT2D eigenvalue weighted by Gasteiger charge is 2.14. The van der Waals surface area contributed by atoms with Crippen molar-refractivity contribution in [2.24, 2.45) is 0 Å². The summed E-state index contributed by atoms with van der Waals surface area (Å²) >= 11 is 11.6. The molecule has 0 fully saturated rings. The van der Waals surface area contributed by atoms with Crippen LogP contribution in [0, 0.1) is 0 Å². The lowest BCUT2D eigenvalue weighted by Crippen LogP contribution is -2.25. The summed E-state index contributed by atoms with van der Waals surface area (Å²) < 4.78 is 0. The number of amides is 2. The third kappa shape index (κ3) is 4.43. The van der Waals surface area contributed by atoms with Gasteiger partial charge in [0, 0.05) is 12.7 Å². The first-order valence-electron chi connectivity index (χ1n) is 7.02. The first-order chi connectivity index (χ1) is 11.0. The topological polar surface area (TPSA) is 71.1 Å². The first-order valence-corrected chi connectivity index (χ1v) is 7.78. The van der Waals surface area contributed by atoms with E-state index in [1.807, 2.05) is 6.92 Å². The number of aromatic nitrogens is 1. The molecule has 2 aromatic rings. The molecule has 2 amide bonds. The number of carbonyl (C=O) groups excluding carboxylic acids is 2. The molecule has 0 saturated carbocycles. The predicted molar refractivity (Wildman–Crippen MR) is 91.3 cm³/mol. The lowest BCUT2D eigenvalue weighted by molar-refractivity contribution is 0.0954. The Balaban J connectivity index is 2.20. The van der Waals surface area contributed by atoms with Gasteiger partial charge in [-0.3, -0.25) is 9.59 Å². The van der Waals surface area contributed by atoms with Crippen molar-refractivity contribution >= 4 is 40.7 Å². The van der Waals surface area contributed by atoms with Gasteiger partial charge in [0.1, 0.15) is 5.15 Å². The second-order valence-corrected chi connectivity index (χ2v) is 5.52. The van der Waals surface area contributed by atoms with Crippen LogP contribution in [0.4, 0.5) is 5.69 Å². The summed E-state index contributed by atoms with van der Waals surface area (Å²) in [7, 11) is 0. The Hall–Kier alpha value is -2.11. The molecule has 0 saturated heterocycles. The van der Waals surface area contributed by atoms with Crippen LogP contribution in [0.5, 0.6) is 0 Å². The molecule has 1 heterocycles. The minimum Gasteiger partial charge on any atom is -0.352 e. The molecule has 7 heteroatoms. The van der Waals surface area contributed by atoms with Crippen molar-refractivity contribution in [1.29, 1.82) is 0 Å². The fourth-order valence-electron chi connectivity index (χ4n) is 1.86. The minimum absolute atomic E-state index is 0.127. The molecule has 1 aromatic heterocycles. The monoisotopic (exact) mass is 351 g/mol. The molecule has 0 unspecified atom stereocenters. The molecule has 120 valence electrons. The molecular weight excluding hydrogens is 337 g/mol. The van der Waals surface area contributed by atoms with Crippen LogP contribution in [0.25, 0.3) is 0 Å². The summed E-state index contributed by atoms with van der Waals surface area (Å²) in [5, 5.41) is 5.78. The van der Waals surface area contributed by atoms with Crippen LogP contribution in [0.15, 0.2) is 36.5 Å². The number of rotatable bonds is 5. The second-order valence-electron chi connectivity index (χ2n) is 4.75. The van der Waals surface area contributed by atoms with Crippen LogP contribution in [-0.2, 0) is 0 Å². The van der Waals surface area contributed by atoms with E-state index in [-0.39, 0.29) is 21.6 Å². The van der Waals surface area contributed by atoms with Crippen LogP contribution in [0.2, 0.25) is 10.2 Å². The zero-order valence-corrected chi connectivity index (χ0v) is 13.9. The standard InChI is InChI=1S/C16H15Cl2N3O2/c1-2-7-19-16(23)11-5-3-4-6-13(11)21-15(22)10-8-12(17)14(18)20-9-10/h3-6,8-9H,2,7H2,1H3,(H,19,23)(H,21,22). The first kappa shape index (κ1) is 17.2. The summed E-state index contributed by atoms with van der Waals surface area (Å²) in [5.74, 6) is -0.665. The molecule has 23 heavy (non-hydrogen) atoms. The number of halogens is 2. The molecule has 1 aromatic carbocycles. The predicted octanol–water partition coefficient (Wildman–Crippen LogP) is 3.78. The third-order valence-corrected chi connectivity index (χ3v) is 3.70. The van der Waals surface area contributed by atoms with Crippen molar-refractivity contribution in [1.82, 2.24) is 10.3 Å². The fourth-order valence-corrected chi connectivity index (χ4v) is 2.13. The molecule has 0 radical (unpaired) electrons. The van der Waals surface area contributed by atoms with E-state index in [1.165, 1.54) is 12.3 Å². The molecule has 0 spiro atoms. The highest BCUT2D eigenvalue weighted by molar-refractivity contribution is 6.41. The molecule has 0 bridgehead atoms. The van der Waals surface area contributed by atoms with Gasteiger partial charge in [0.15, 0.2) is 0 Å². The van der Waals surface area contributed by atoms with Gasteiger partial charge in [0.05, 0.1) is 21.8 Å². The van der Waals surface area contributed by atoms with Gasteiger partial charge in [-0.1, -0.05) is 42.3 Å². The van der Waals surface area contributed by atoms with Crippen molar-refractivity contribution < 1.29 is 9.59 Å². The zero-order chi connectivity index (χ0) is 16.8. The van der Waals surface area contributed by atoms with Gasteiger partial charge in [-0.05, 0) is 24.6 Å². The van der Waals surface area contributed by atoms with E-state index < -0.39 is 5.91 Å². The summed E-state index contributed by atoms with van der Waals surface area (Å²) in [6, 6.07) is 8.19. The van der Waals surface area contributed by atoms with Crippen molar-refractivity contribution in [2.45, 2.75) is 13.3 Å². The van der Waals surface area contributed by atoms with Gasteiger partial charge < -0.3 is 10.6 Å². The Morgan fingerprint density at radius 2 is 1.91 bits per heavy atom. The summed E-state index contributed by atoms with van der Waals surface area (Å²) in [6.07, 6.45) is 2.15. The average molecular weight is 352 g/mol. The maximum atomic E-state index is 12.3. The van der Waals surface area contributed by atoms with Crippen LogP contribution in [-0.4, -0.2) is 23.3 Å². The maximum Gasteiger partial charge on any atom is 0.257 e. The Bertz CT molecular complexity index is 735. The van der Waals surface area contributed by atoms with E-state index in [0.717, 1.165) is 6.42 Å². The molecular formula is C16H15Cl2N3O2.